The molecular formula is C14H17F3N2O2. The number of hydrogen-bond acceptors (Lipinski definition) is 3. The molecule has 1 fully saturated rings. The molecule has 2 N–H and O–H groups in total. The molecule has 0 aliphatic carbocycles. The Labute approximate surface area is 120 Å². The number of β-amino-alcohol motifs (C(OH)–C–C–N with tert-alkyl or cyclic N) is 1. The summed E-state index contributed by atoms with van der Waals surface area (Å²) >= 11 is 0. The fourth-order valence-electron chi connectivity index (χ4n) is 2.30. The van der Waals surface area contributed by atoms with E-state index < -0.39 is 23.8 Å². The third kappa shape index (κ3) is 3.95. The molecule has 1 aromatic carbocycles. The Bertz CT molecular complexity index is 513. The fourth-order valence-corrected chi connectivity index (χ4v) is 2.30. The van der Waals surface area contributed by atoms with E-state index in [-0.39, 0.29) is 32.6 Å². The van der Waals surface area contributed by atoms with Crippen LogP contribution in [-0.2, 0) is 11.3 Å². The largest absolute Gasteiger partial charge is 0.383 e. The Balaban J connectivity index is 1.80. The van der Waals surface area contributed by atoms with Gasteiger partial charge in [-0.15, -0.1) is 0 Å². The minimum absolute atomic E-state index is 0.0401. The Morgan fingerprint density at radius 2 is 2.14 bits per heavy atom. The highest BCUT2D eigenvalue weighted by Gasteiger charge is 2.44. The van der Waals surface area contributed by atoms with Crippen LogP contribution in [0.1, 0.15) is 12.0 Å². The summed E-state index contributed by atoms with van der Waals surface area (Å²) in [6, 6.07) is 6.07. The second kappa shape index (κ2) is 6.44. The zero-order valence-electron chi connectivity index (χ0n) is 11.4. The van der Waals surface area contributed by atoms with Gasteiger partial charge in [-0.25, -0.2) is 13.2 Å². The highest BCUT2D eigenvalue weighted by molar-refractivity contribution is 5.78. The second-order valence-corrected chi connectivity index (χ2v) is 5.23. The molecule has 1 saturated heterocycles. The Morgan fingerprint density at radius 3 is 2.76 bits per heavy atom. The standard InChI is InChI=1S/C14H17F3N2O2/c15-11-4-2-1-3-10(11)7-18-12(20)8-19-6-5-14(21,9-19)13(16)17/h1-4,13,21H,5-9H2,(H,18,20). The predicted octanol–water partition coefficient (Wildman–Crippen LogP) is 1.14. The molecule has 1 unspecified atom stereocenters. The van der Waals surface area contributed by atoms with E-state index in [1.54, 1.807) is 18.2 Å². The van der Waals surface area contributed by atoms with Crippen molar-refractivity contribution < 1.29 is 23.1 Å². The van der Waals surface area contributed by atoms with E-state index in [2.05, 4.69) is 5.32 Å². The first-order chi connectivity index (χ1) is 9.90. The van der Waals surface area contributed by atoms with Gasteiger partial charge in [0.25, 0.3) is 6.43 Å². The van der Waals surface area contributed by atoms with Gasteiger partial charge < -0.3 is 10.4 Å². The predicted molar refractivity (Wildman–Crippen MR) is 70.3 cm³/mol. The minimum atomic E-state index is -2.83. The number of benzene rings is 1. The number of amides is 1. The van der Waals surface area contributed by atoms with Crippen molar-refractivity contribution in [2.75, 3.05) is 19.6 Å². The zero-order chi connectivity index (χ0) is 15.5. The summed E-state index contributed by atoms with van der Waals surface area (Å²) in [5, 5.41) is 12.2. The topological polar surface area (TPSA) is 52.6 Å². The first-order valence-corrected chi connectivity index (χ1v) is 6.64. The number of carbonyl (C=O) groups is 1. The molecule has 4 nitrogen and oxygen atoms in total. The molecule has 1 aromatic rings. The third-order valence-electron chi connectivity index (χ3n) is 3.57. The summed E-state index contributed by atoms with van der Waals surface area (Å²) in [6.45, 7) is -0.0618. The number of nitrogens with zero attached hydrogens (tertiary/aromatic N) is 1. The lowest BCUT2D eigenvalue weighted by Gasteiger charge is -2.22. The van der Waals surface area contributed by atoms with Crippen molar-refractivity contribution in [3.05, 3.63) is 35.6 Å². The van der Waals surface area contributed by atoms with Gasteiger partial charge in [-0.2, -0.15) is 0 Å². The summed E-state index contributed by atoms with van der Waals surface area (Å²) in [7, 11) is 0. The third-order valence-corrected chi connectivity index (χ3v) is 3.57. The molecule has 0 radical (unpaired) electrons. The van der Waals surface area contributed by atoms with E-state index >= 15 is 0 Å². The average Bonchev–Trinajstić information content (AvgIpc) is 2.81. The van der Waals surface area contributed by atoms with Crippen molar-refractivity contribution in [1.29, 1.82) is 0 Å². The molecule has 0 saturated carbocycles. The van der Waals surface area contributed by atoms with Crippen molar-refractivity contribution in [3.63, 3.8) is 0 Å². The first-order valence-electron chi connectivity index (χ1n) is 6.64. The van der Waals surface area contributed by atoms with Crippen LogP contribution in [-0.4, -0.2) is 47.6 Å². The highest BCUT2D eigenvalue weighted by Crippen LogP contribution is 2.27. The molecular weight excluding hydrogens is 285 g/mol. The van der Waals surface area contributed by atoms with Crippen molar-refractivity contribution in [3.8, 4) is 0 Å². The molecule has 1 aliphatic rings. The van der Waals surface area contributed by atoms with Gasteiger partial charge in [-0.1, -0.05) is 18.2 Å². The van der Waals surface area contributed by atoms with Crippen LogP contribution in [0.3, 0.4) is 0 Å². The SMILES string of the molecule is O=C(CN1CCC(O)(C(F)F)C1)NCc1ccccc1F. The maximum absolute atomic E-state index is 13.4. The maximum atomic E-state index is 13.4. The number of carbonyl (C=O) groups excluding carboxylic acids is 1. The lowest BCUT2D eigenvalue weighted by Crippen LogP contribution is -2.42. The molecule has 1 amide bonds. The van der Waals surface area contributed by atoms with Gasteiger partial charge in [0.05, 0.1) is 6.54 Å². The molecule has 0 aromatic heterocycles. The molecule has 1 aliphatic heterocycles. The lowest BCUT2D eigenvalue weighted by atomic mass is 10.1. The molecule has 2 rings (SSSR count). The Morgan fingerprint density at radius 1 is 1.43 bits per heavy atom. The normalized spacial score (nSPS) is 22.7. The van der Waals surface area contributed by atoms with Crippen LogP contribution in [0.2, 0.25) is 0 Å². The van der Waals surface area contributed by atoms with Crippen molar-refractivity contribution in [1.82, 2.24) is 10.2 Å². The van der Waals surface area contributed by atoms with Crippen LogP contribution in [0.4, 0.5) is 13.2 Å². The van der Waals surface area contributed by atoms with Crippen molar-refractivity contribution >= 4 is 5.91 Å². The first kappa shape index (κ1) is 15.8. The van der Waals surface area contributed by atoms with E-state index in [0.717, 1.165) is 0 Å². The number of halogens is 3. The Hall–Kier alpha value is -1.60. The van der Waals surface area contributed by atoms with Crippen LogP contribution < -0.4 is 5.32 Å². The maximum Gasteiger partial charge on any atom is 0.268 e. The average molecular weight is 302 g/mol. The monoisotopic (exact) mass is 302 g/mol. The van der Waals surface area contributed by atoms with Crippen molar-refractivity contribution in [2.45, 2.75) is 25.0 Å². The summed E-state index contributed by atoms with van der Waals surface area (Å²) in [6.07, 6.45) is -2.89. The number of aliphatic hydroxyl groups is 1. The van der Waals surface area contributed by atoms with E-state index in [9.17, 15) is 23.1 Å². The van der Waals surface area contributed by atoms with Gasteiger partial charge in [0, 0.05) is 25.2 Å². The number of alkyl halides is 2. The van der Waals surface area contributed by atoms with Crippen LogP contribution in [0, 0.1) is 5.82 Å². The minimum Gasteiger partial charge on any atom is -0.383 e. The quantitative estimate of drug-likeness (QED) is 0.858. The Kier molecular flexibility index (Phi) is 4.84. The van der Waals surface area contributed by atoms with Crippen LogP contribution in [0.25, 0.3) is 0 Å². The highest BCUT2D eigenvalue weighted by atomic mass is 19.3. The van der Waals surface area contributed by atoms with Gasteiger partial charge in [-0.05, 0) is 12.5 Å². The van der Waals surface area contributed by atoms with Crippen molar-refractivity contribution in [2.24, 2.45) is 0 Å². The molecule has 1 atom stereocenters. The summed E-state index contributed by atoms with van der Waals surface area (Å²) < 4.78 is 38.6. The molecule has 0 bridgehead atoms. The van der Waals surface area contributed by atoms with Gasteiger partial charge >= 0.3 is 0 Å². The van der Waals surface area contributed by atoms with Crippen LogP contribution in [0.15, 0.2) is 24.3 Å². The number of rotatable bonds is 5. The molecule has 1 heterocycles. The molecule has 21 heavy (non-hydrogen) atoms. The molecule has 0 spiro atoms. The lowest BCUT2D eigenvalue weighted by molar-refractivity contribution is -0.123. The number of nitrogens with one attached hydrogen (secondary N) is 1. The van der Waals surface area contributed by atoms with Gasteiger partial charge in [-0.3, -0.25) is 9.69 Å². The van der Waals surface area contributed by atoms with E-state index in [1.807, 2.05) is 0 Å². The molecule has 7 heteroatoms. The smallest absolute Gasteiger partial charge is 0.268 e. The van der Waals surface area contributed by atoms with E-state index in [0.29, 0.717) is 5.56 Å². The second-order valence-electron chi connectivity index (χ2n) is 5.23. The van der Waals surface area contributed by atoms with E-state index in [1.165, 1.54) is 11.0 Å². The van der Waals surface area contributed by atoms with Gasteiger partial charge in [0.15, 0.2) is 0 Å². The van der Waals surface area contributed by atoms with Crippen LogP contribution >= 0.6 is 0 Å². The molecule has 116 valence electrons. The summed E-state index contributed by atoms with van der Waals surface area (Å²) in [5.74, 6) is -0.803. The fraction of sp³-hybridized carbons (Fsp3) is 0.500. The number of likely N-dealkylation sites (tertiary alicyclic amines) is 1. The zero-order valence-corrected chi connectivity index (χ0v) is 11.4. The van der Waals surface area contributed by atoms with E-state index in [4.69, 9.17) is 0 Å². The summed E-state index contributed by atoms with van der Waals surface area (Å²) in [4.78, 5) is 13.2. The number of hydrogen-bond donors (Lipinski definition) is 2. The van der Waals surface area contributed by atoms with Gasteiger partial charge in [0.2, 0.25) is 5.91 Å². The van der Waals surface area contributed by atoms with Gasteiger partial charge in [0.1, 0.15) is 11.4 Å². The van der Waals surface area contributed by atoms with Crippen LogP contribution in [0.5, 0.6) is 0 Å². The summed E-state index contributed by atoms with van der Waals surface area (Å²) in [5.41, 5.74) is -1.68.